The lowest BCUT2D eigenvalue weighted by Crippen LogP contribution is -2.35. The van der Waals surface area contributed by atoms with Crippen molar-refractivity contribution in [2.75, 3.05) is 18.4 Å². The molecule has 1 heterocycles. The molecule has 0 radical (unpaired) electrons. The van der Waals surface area contributed by atoms with Gasteiger partial charge in [0.2, 0.25) is 10.0 Å². The number of halogens is 1. The standard InChI is InChI=1S/C24H28ClN3O4S/c25-21-13-12-18(33(31,32)28-14-6-1-7-15-28)16-20(21)24(30)27-22-11-5-4-10-19(22)23(29)26-17-8-2-3-9-17/h4-5,10-13,16-17H,1-3,6-9,14-15H2,(H,26,29)(H,27,30). The van der Waals surface area contributed by atoms with Gasteiger partial charge < -0.3 is 10.6 Å². The van der Waals surface area contributed by atoms with E-state index in [1.165, 1.54) is 22.5 Å². The van der Waals surface area contributed by atoms with Gasteiger partial charge in [0.1, 0.15) is 0 Å². The molecule has 0 spiro atoms. The molecular weight excluding hydrogens is 462 g/mol. The Balaban J connectivity index is 1.56. The number of hydrogen-bond donors (Lipinski definition) is 2. The van der Waals surface area contributed by atoms with Crippen LogP contribution in [0.3, 0.4) is 0 Å². The maximum absolute atomic E-state index is 13.1. The predicted octanol–water partition coefficient (Wildman–Crippen LogP) is 4.44. The summed E-state index contributed by atoms with van der Waals surface area (Å²) in [5, 5.41) is 5.90. The van der Waals surface area contributed by atoms with E-state index in [1.807, 2.05) is 0 Å². The highest BCUT2D eigenvalue weighted by Gasteiger charge is 2.27. The van der Waals surface area contributed by atoms with Gasteiger partial charge in [0.15, 0.2) is 0 Å². The molecule has 2 fully saturated rings. The second-order valence-corrected chi connectivity index (χ2v) is 10.9. The van der Waals surface area contributed by atoms with Crippen molar-refractivity contribution < 1.29 is 18.0 Å². The topological polar surface area (TPSA) is 95.6 Å². The third-order valence-corrected chi connectivity index (χ3v) is 8.47. The van der Waals surface area contributed by atoms with Crippen LogP contribution in [0.5, 0.6) is 0 Å². The van der Waals surface area contributed by atoms with Gasteiger partial charge in [-0.3, -0.25) is 9.59 Å². The lowest BCUT2D eigenvalue weighted by Gasteiger charge is -2.26. The molecule has 9 heteroatoms. The highest BCUT2D eigenvalue weighted by molar-refractivity contribution is 7.89. The number of para-hydroxylation sites is 1. The quantitative estimate of drug-likeness (QED) is 0.627. The number of carbonyl (C=O) groups excluding carboxylic acids is 2. The molecule has 2 aromatic carbocycles. The molecule has 2 N–H and O–H groups in total. The molecule has 0 bridgehead atoms. The predicted molar refractivity (Wildman–Crippen MR) is 128 cm³/mol. The maximum atomic E-state index is 13.1. The first-order chi connectivity index (χ1) is 15.9. The van der Waals surface area contributed by atoms with Gasteiger partial charge in [-0.25, -0.2) is 8.42 Å². The van der Waals surface area contributed by atoms with E-state index in [-0.39, 0.29) is 27.4 Å². The minimum Gasteiger partial charge on any atom is -0.349 e. The maximum Gasteiger partial charge on any atom is 0.257 e. The molecule has 0 atom stereocenters. The van der Waals surface area contributed by atoms with Crippen molar-refractivity contribution in [3.63, 3.8) is 0 Å². The normalized spacial score (nSPS) is 17.6. The summed E-state index contributed by atoms with van der Waals surface area (Å²) in [5.41, 5.74) is 0.741. The van der Waals surface area contributed by atoms with Gasteiger partial charge in [-0.05, 0) is 56.0 Å². The van der Waals surface area contributed by atoms with Gasteiger partial charge in [0.25, 0.3) is 11.8 Å². The Morgan fingerprint density at radius 1 is 0.879 bits per heavy atom. The third-order valence-electron chi connectivity index (χ3n) is 6.25. The van der Waals surface area contributed by atoms with E-state index in [0.29, 0.717) is 24.3 Å². The first-order valence-electron chi connectivity index (χ1n) is 11.4. The monoisotopic (exact) mass is 489 g/mol. The van der Waals surface area contributed by atoms with E-state index in [9.17, 15) is 18.0 Å². The number of piperidine rings is 1. The minimum absolute atomic E-state index is 0.0335. The van der Waals surface area contributed by atoms with Crippen molar-refractivity contribution in [2.24, 2.45) is 0 Å². The molecule has 0 unspecified atom stereocenters. The van der Waals surface area contributed by atoms with Gasteiger partial charge in [0.05, 0.1) is 26.7 Å². The largest absolute Gasteiger partial charge is 0.349 e. The van der Waals surface area contributed by atoms with Crippen molar-refractivity contribution in [1.82, 2.24) is 9.62 Å². The molecule has 0 aromatic heterocycles. The summed E-state index contributed by atoms with van der Waals surface area (Å²) in [6.07, 6.45) is 6.74. The molecule has 2 aromatic rings. The summed E-state index contributed by atoms with van der Waals surface area (Å²) in [6.45, 7) is 0.936. The Kier molecular flexibility index (Phi) is 7.36. The molecule has 1 aliphatic carbocycles. The van der Waals surface area contributed by atoms with Crippen molar-refractivity contribution in [3.05, 3.63) is 58.6 Å². The number of nitrogens with zero attached hydrogens (tertiary/aromatic N) is 1. The molecule has 1 aliphatic heterocycles. The van der Waals surface area contributed by atoms with E-state index in [4.69, 9.17) is 11.6 Å². The van der Waals surface area contributed by atoms with Gasteiger partial charge in [-0.2, -0.15) is 4.31 Å². The number of anilines is 1. The van der Waals surface area contributed by atoms with E-state index in [2.05, 4.69) is 10.6 Å². The van der Waals surface area contributed by atoms with Gasteiger partial charge in [0, 0.05) is 19.1 Å². The summed E-state index contributed by atoms with van der Waals surface area (Å²) < 4.78 is 27.5. The molecule has 4 rings (SSSR count). The van der Waals surface area contributed by atoms with Crippen LogP contribution in [0.15, 0.2) is 47.4 Å². The van der Waals surface area contributed by atoms with Crippen molar-refractivity contribution in [1.29, 1.82) is 0 Å². The van der Waals surface area contributed by atoms with Crippen LogP contribution in [-0.4, -0.2) is 43.7 Å². The van der Waals surface area contributed by atoms with Crippen LogP contribution >= 0.6 is 11.6 Å². The molecule has 2 amide bonds. The number of benzene rings is 2. The Bertz CT molecular complexity index is 1140. The molecule has 176 valence electrons. The summed E-state index contributed by atoms with van der Waals surface area (Å²) in [4.78, 5) is 25.9. The summed E-state index contributed by atoms with van der Waals surface area (Å²) in [5.74, 6) is -0.817. The molecule has 33 heavy (non-hydrogen) atoms. The zero-order chi connectivity index (χ0) is 23.4. The number of hydrogen-bond acceptors (Lipinski definition) is 4. The van der Waals surface area contributed by atoms with Crippen LogP contribution in [0.2, 0.25) is 5.02 Å². The molecule has 1 saturated carbocycles. The van der Waals surface area contributed by atoms with Gasteiger partial charge in [-0.15, -0.1) is 0 Å². The van der Waals surface area contributed by atoms with Crippen LogP contribution < -0.4 is 10.6 Å². The molecule has 7 nitrogen and oxygen atoms in total. The Hall–Kier alpha value is -2.42. The fourth-order valence-electron chi connectivity index (χ4n) is 4.41. The Morgan fingerprint density at radius 2 is 1.58 bits per heavy atom. The minimum atomic E-state index is -3.71. The number of rotatable bonds is 6. The van der Waals surface area contributed by atoms with Crippen molar-refractivity contribution in [2.45, 2.75) is 55.9 Å². The Morgan fingerprint density at radius 3 is 2.30 bits per heavy atom. The highest BCUT2D eigenvalue weighted by atomic mass is 35.5. The average molecular weight is 490 g/mol. The van der Waals surface area contributed by atoms with E-state index >= 15 is 0 Å². The van der Waals surface area contributed by atoms with E-state index in [0.717, 1.165) is 44.9 Å². The first kappa shape index (κ1) is 23.7. The molecule has 1 saturated heterocycles. The summed E-state index contributed by atoms with van der Waals surface area (Å²) in [7, 11) is -3.71. The smallest absolute Gasteiger partial charge is 0.257 e. The molecule has 2 aliphatic rings. The SMILES string of the molecule is O=C(Nc1ccccc1C(=O)NC1CCCC1)c1cc(S(=O)(=O)N2CCCCC2)ccc1Cl. The van der Waals surface area contributed by atoms with Crippen LogP contribution in [0.1, 0.15) is 65.7 Å². The highest BCUT2D eigenvalue weighted by Crippen LogP contribution is 2.27. The summed E-state index contributed by atoms with van der Waals surface area (Å²) in [6, 6.07) is 11.1. The van der Waals surface area contributed by atoms with Crippen LogP contribution in [0.4, 0.5) is 5.69 Å². The first-order valence-corrected chi connectivity index (χ1v) is 13.2. The van der Waals surface area contributed by atoms with Gasteiger partial charge >= 0.3 is 0 Å². The van der Waals surface area contributed by atoms with E-state index in [1.54, 1.807) is 24.3 Å². The van der Waals surface area contributed by atoms with Gasteiger partial charge in [-0.1, -0.05) is 43.0 Å². The fourth-order valence-corrected chi connectivity index (χ4v) is 6.15. The lowest BCUT2D eigenvalue weighted by molar-refractivity contribution is 0.0938. The average Bonchev–Trinajstić information content (AvgIpc) is 3.33. The number of nitrogens with one attached hydrogen (secondary N) is 2. The number of carbonyl (C=O) groups is 2. The van der Waals surface area contributed by atoms with Crippen molar-refractivity contribution in [3.8, 4) is 0 Å². The number of amides is 2. The van der Waals surface area contributed by atoms with Crippen LogP contribution in [0, 0.1) is 0 Å². The van der Waals surface area contributed by atoms with Crippen LogP contribution in [-0.2, 0) is 10.0 Å². The molecular formula is C24H28ClN3O4S. The van der Waals surface area contributed by atoms with E-state index < -0.39 is 15.9 Å². The van der Waals surface area contributed by atoms with Crippen molar-refractivity contribution >= 4 is 39.1 Å². The summed E-state index contributed by atoms with van der Waals surface area (Å²) >= 11 is 6.26. The fraction of sp³-hybridized carbons (Fsp3) is 0.417. The second kappa shape index (κ2) is 10.2. The lowest BCUT2D eigenvalue weighted by atomic mass is 10.1. The third kappa shape index (κ3) is 5.39. The number of sulfonamides is 1. The second-order valence-electron chi connectivity index (χ2n) is 8.56. The zero-order valence-electron chi connectivity index (χ0n) is 18.3. The van der Waals surface area contributed by atoms with Crippen LogP contribution in [0.25, 0.3) is 0 Å². The zero-order valence-corrected chi connectivity index (χ0v) is 19.9. The Labute approximate surface area is 199 Å².